The zero-order valence-electron chi connectivity index (χ0n) is 7.90. The Bertz CT molecular complexity index is 198. The zero-order chi connectivity index (χ0) is 9.68. The summed E-state index contributed by atoms with van der Waals surface area (Å²) < 4.78 is 5.07. The van der Waals surface area contributed by atoms with Crippen molar-refractivity contribution in [3.8, 4) is 0 Å². The molecular formula is C10H16O3. The van der Waals surface area contributed by atoms with Gasteiger partial charge in [0.1, 0.15) is 6.61 Å². The molecule has 1 rings (SSSR count). The van der Waals surface area contributed by atoms with Gasteiger partial charge in [-0.2, -0.15) is 0 Å². The van der Waals surface area contributed by atoms with Gasteiger partial charge < -0.3 is 9.84 Å². The molecule has 2 atom stereocenters. The van der Waals surface area contributed by atoms with E-state index in [1.54, 1.807) is 0 Å². The molecule has 0 aromatic rings. The van der Waals surface area contributed by atoms with Crippen LogP contribution in [0.25, 0.3) is 0 Å². The molecule has 3 heteroatoms. The van der Waals surface area contributed by atoms with E-state index in [2.05, 4.69) is 19.1 Å². The molecule has 0 saturated heterocycles. The Hall–Kier alpha value is -0.830. The number of aliphatic carboxylic acids is 1. The summed E-state index contributed by atoms with van der Waals surface area (Å²) in [6, 6.07) is 0. The van der Waals surface area contributed by atoms with Gasteiger partial charge in [0.05, 0.1) is 6.61 Å². The highest BCUT2D eigenvalue weighted by Crippen LogP contribution is 2.24. The number of hydrogen-bond donors (Lipinski definition) is 1. The standard InChI is InChI=1S/C10H16O3/c1-8-4-2-3-5-9(8)6-13-7-10(11)12/h2-3,8-9H,4-7H2,1H3,(H,11,12). The first-order valence-electron chi connectivity index (χ1n) is 4.64. The molecule has 3 nitrogen and oxygen atoms in total. The Morgan fingerprint density at radius 1 is 1.54 bits per heavy atom. The molecule has 0 heterocycles. The van der Waals surface area contributed by atoms with Crippen LogP contribution in [-0.4, -0.2) is 24.3 Å². The number of ether oxygens (including phenoxy) is 1. The number of carbonyl (C=O) groups is 1. The monoisotopic (exact) mass is 184 g/mol. The van der Waals surface area contributed by atoms with E-state index in [-0.39, 0.29) is 6.61 Å². The summed E-state index contributed by atoms with van der Waals surface area (Å²) >= 11 is 0. The quantitative estimate of drug-likeness (QED) is 0.676. The van der Waals surface area contributed by atoms with Crippen molar-refractivity contribution < 1.29 is 14.6 Å². The van der Waals surface area contributed by atoms with Crippen LogP contribution in [0.3, 0.4) is 0 Å². The number of rotatable bonds is 4. The van der Waals surface area contributed by atoms with E-state index in [0.29, 0.717) is 18.4 Å². The Morgan fingerprint density at radius 3 is 2.85 bits per heavy atom. The van der Waals surface area contributed by atoms with Crippen LogP contribution in [0.4, 0.5) is 0 Å². The molecule has 0 aromatic carbocycles. The van der Waals surface area contributed by atoms with Crippen LogP contribution in [0.5, 0.6) is 0 Å². The lowest BCUT2D eigenvalue weighted by Crippen LogP contribution is -2.21. The number of hydrogen-bond acceptors (Lipinski definition) is 2. The van der Waals surface area contributed by atoms with Crippen LogP contribution in [-0.2, 0) is 9.53 Å². The maximum atomic E-state index is 10.2. The minimum absolute atomic E-state index is 0.174. The highest BCUT2D eigenvalue weighted by atomic mass is 16.5. The fourth-order valence-corrected chi connectivity index (χ4v) is 1.54. The van der Waals surface area contributed by atoms with Crippen LogP contribution >= 0.6 is 0 Å². The molecule has 0 aromatic heterocycles. The smallest absolute Gasteiger partial charge is 0.329 e. The third-order valence-corrected chi connectivity index (χ3v) is 2.48. The van der Waals surface area contributed by atoms with Crippen LogP contribution in [0.2, 0.25) is 0 Å². The van der Waals surface area contributed by atoms with Crippen molar-refractivity contribution in [2.24, 2.45) is 11.8 Å². The Balaban J connectivity index is 2.20. The molecule has 0 saturated carbocycles. The van der Waals surface area contributed by atoms with Crippen LogP contribution in [0, 0.1) is 11.8 Å². The van der Waals surface area contributed by atoms with Gasteiger partial charge in [-0.3, -0.25) is 0 Å². The first-order chi connectivity index (χ1) is 6.20. The molecule has 0 bridgehead atoms. The van der Waals surface area contributed by atoms with Crippen molar-refractivity contribution in [3.05, 3.63) is 12.2 Å². The topological polar surface area (TPSA) is 46.5 Å². The molecule has 1 aliphatic rings. The Morgan fingerprint density at radius 2 is 2.23 bits per heavy atom. The molecule has 0 spiro atoms. The highest BCUT2D eigenvalue weighted by molar-refractivity contribution is 5.67. The van der Waals surface area contributed by atoms with E-state index in [1.165, 1.54) is 0 Å². The van der Waals surface area contributed by atoms with Crippen molar-refractivity contribution in [3.63, 3.8) is 0 Å². The summed E-state index contributed by atoms with van der Waals surface area (Å²) in [4.78, 5) is 10.2. The first kappa shape index (κ1) is 10.3. The molecular weight excluding hydrogens is 168 g/mol. The van der Waals surface area contributed by atoms with Crippen LogP contribution < -0.4 is 0 Å². The SMILES string of the molecule is CC1CC=CCC1COCC(=O)O. The van der Waals surface area contributed by atoms with Crippen molar-refractivity contribution in [1.82, 2.24) is 0 Å². The maximum absolute atomic E-state index is 10.2. The third kappa shape index (κ3) is 3.59. The van der Waals surface area contributed by atoms with Crippen molar-refractivity contribution in [2.75, 3.05) is 13.2 Å². The van der Waals surface area contributed by atoms with E-state index in [0.717, 1.165) is 12.8 Å². The second kappa shape index (κ2) is 5.02. The molecule has 0 fully saturated rings. The minimum Gasteiger partial charge on any atom is -0.480 e. The molecule has 0 amide bonds. The van der Waals surface area contributed by atoms with Gasteiger partial charge in [0.25, 0.3) is 0 Å². The van der Waals surface area contributed by atoms with E-state index in [1.807, 2.05) is 0 Å². The predicted octanol–water partition coefficient (Wildman–Crippen LogP) is 1.69. The lowest BCUT2D eigenvalue weighted by atomic mass is 9.85. The van der Waals surface area contributed by atoms with E-state index in [4.69, 9.17) is 9.84 Å². The average molecular weight is 184 g/mol. The van der Waals surface area contributed by atoms with Gasteiger partial charge in [0.2, 0.25) is 0 Å². The molecule has 0 radical (unpaired) electrons. The second-order valence-electron chi connectivity index (χ2n) is 3.59. The molecule has 74 valence electrons. The fourth-order valence-electron chi connectivity index (χ4n) is 1.54. The van der Waals surface area contributed by atoms with Gasteiger partial charge in [-0.25, -0.2) is 4.79 Å². The van der Waals surface area contributed by atoms with Gasteiger partial charge in [-0.15, -0.1) is 0 Å². The molecule has 13 heavy (non-hydrogen) atoms. The summed E-state index contributed by atoms with van der Waals surface area (Å²) in [5.74, 6) is 0.210. The lowest BCUT2D eigenvalue weighted by molar-refractivity contribution is -0.142. The van der Waals surface area contributed by atoms with E-state index >= 15 is 0 Å². The second-order valence-corrected chi connectivity index (χ2v) is 3.59. The van der Waals surface area contributed by atoms with Crippen LogP contribution in [0.15, 0.2) is 12.2 Å². The van der Waals surface area contributed by atoms with E-state index in [9.17, 15) is 4.79 Å². The van der Waals surface area contributed by atoms with Crippen molar-refractivity contribution in [1.29, 1.82) is 0 Å². The van der Waals surface area contributed by atoms with Gasteiger partial charge in [-0.05, 0) is 24.7 Å². The molecule has 0 aliphatic heterocycles. The van der Waals surface area contributed by atoms with Crippen LogP contribution in [0.1, 0.15) is 19.8 Å². The number of allylic oxidation sites excluding steroid dienone is 2. The zero-order valence-corrected chi connectivity index (χ0v) is 7.90. The summed E-state index contributed by atoms with van der Waals surface area (Å²) in [7, 11) is 0. The third-order valence-electron chi connectivity index (χ3n) is 2.48. The molecule has 2 unspecified atom stereocenters. The van der Waals surface area contributed by atoms with E-state index < -0.39 is 5.97 Å². The van der Waals surface area contributed by atoms with Gasteiger partial charge in [0, 0.05) is 0 Å². The molecule has 1 N–H and O–H groups in total. The van der Waals surface area contributed by atoms with Gasteiger partial charge in [-0.1, -0.05) is 19.1 Å². The summed E-state index contributed by atoms with van der Waals surface area (Å²) in [5.41, 5.74) is 0. The summed E-state index contributed by atoms with van der Waals surface area (Å²) in [5, 5.41) is 8.37. The first-order valence-corrected chi connectivity index (χ1v) is 4.64. The normalized spacial score (nSPS) is 27.5. The van der Waals surface area contributed by atoms with Crippen molar-refractivity contribution in [2.45, 2.75) is 19.8 Å². The fraction of sp³-hybridized carbons (Fsp3) is 0.700. The lowest BCUT2D eigenvalue weighted by Gasteiger charge is -2.24. The largest absolute Gasteiger partial charge is 0.480 e. The number of carboxylic acids is 1. The predicted molar refractivity (Wildman–Crippen MR) is 49.5 cm³/mol. The summed E-state index contributed by atoms with van der Waals surface area (Å²) in [6.45, 7) is 2.57. The van der Waals surface area contributed by atoms with Gasteiger partial charge >= 0.3 is 5.97 Å². The highest BCUT2D eigenvalue weighted by Gasteiger charge is 2.18. The number of carboxylic acid groups (broad SMARTS) is 1. The van der Waals surface area contributed by atoms with Gasteiger partial charge in [0.15, 0.2) is 0 Å². The average Bonchev–Trinajstić information content (AvgIpc) is 2.08. The minimum atomic E-state index is -0.890. The maximum Gasteiger partial charge on any atom is 0.329 e. The molecule has 1 aliphatic carbocycles. The van der Waals surface area contributed by atoms with Crippen molar-refractivity contribution >= 4 is 5.97 Å². The Kier molecular flexibility index (Phi) is 3.96. The Labute approximate surface area is 78.4 Å². The summed E-state index contributed by atoms with van der Waals surface area (Å²) in [6.07, 6.45) is 6.43.